The first kappa shape index (κ1) is 21.2. The zero-order valence-corrected chi connectivity index (χ0v) is 19.5. The Hall–Kier alpha value is -2.63. The maximum Gasteiger partial charge on any atom is 0.324 e. The molecule has 1 N–H and O–H groups in total. The van der Waals surface area contributed by atoms with Crippen molar-refractivity contribution < 1.29 is 13.2 Å². The second kappa shape index (κ2) is 7.75. The number of nitrogens with zero attached hydrogens (tertiary/aromatic N) is 5. The van der Waals surface area contributed by atoms with E-state index in [0.29, 0.717) is 6.54 Å². The molecule has 11 heteroatoms. The summed E-state index contributed by atoms with van der Waals surface area (Å²) in [5.41, 5.74) is 3.83. The summed E-state index contributed by atoms with van der Waals surface area (Å²) in [6, 6.07) is 6.49. The predicted octanol–water partition coefficient (Wildman–Crippen LogP) is 2.62. The Morgan fingerprint density at radius 1 is 1.16 bits per heavy atom. The first-order valence-electron chi connectivity index (χ1n) is 10.4. The lowest BCUT2D eigenvalue weighted by Crippen LogP contribution is -2.52. The molecule has 0 saturated carbocycles. The van der Waals surface area contributed by atoms with Crippen molar-refractivity contribution in [2.45, 2.75) is 36.2 Å². The quantitative estimate of drug-likeness (QED) is 0.622. The van der Waals surface area contributed by atoms with Crippen LogP contribution in [0.5, 0.6) is 0 Å². The van der Waals surface area contributed by atoms with Gasteiger partial charge < -0.3 is 5.32 Å². The normalized spacial score (nSPS) is 20.1. The smallest absolute Gasteiger partial charge is 0.324 e. The molecule has 4 heterocycles. The van der Waals surface area contributed by atoms with Gasteiger partial charge in [0.1, 0.15) is 4.90 Å². The number of likely N-dealkylation sites (tertiary alicyclic amines) is 1. The lowest BCUT2D eigenvalue weighted by Gasteiger charge is -2.41. The molecule has 5 rings (SSSR count). The number of benzene rings is 1. The number of carbonyl (C=O) groups is 1. The molecule has 2 amide bonds. The summed E-state index contributed by atoms with van der Waals surface area (Å²) in [7, 11) is -3.38. The minimum absolute atomic E-state index is 0.0358. The third kappa shape index (κ3) is 3.84. The number of sulfone groups is 1. The van der Waals surface area contributed by atoms with E-state index in [-0.39, 0.29) is 28.5 Å². The van der Waals surface area contributed by atoms with Crippen molar-refractivity contribution in [1.82, 2.24) is 25.2 Å². The molecule has 2 aromatic heterocycles. The Kier molecular flexibility index (Phi) is 5.14. The maximum atomic E-state index is 12.7. The van der Waals surface area contributed by atoms with Crippen molar-refractivity contribution in [3.63, 3.8) is 0 Å². The number of aromatic nitrogens is 3. The number of rotatable bonds is 4. The number of piperidine rings is 1. The molecular formula is C21H24N6O3S2. The van der Waals surface area contributed by atoms with Crippen LogP contribution in [-0.4, -0.2) is 65.7 Å². The monoisotopic (exact) mass is 472 g/mol. The van der Waals surface area contributed by atoms with E-state index in [9.17, 15) is 13.2 Å². The van der Waals surface area contributed by atoms with Crippen LogP contribution in [0.3, 0.4) is 0 Å². The van der Waals surface area contributed by atoms with Gasteiger partial charge in [-0.25, -0.2) is 28.2 Å². The lowest BCUT2D eigenvalue weighted by molar-refractivity contribution is 0.121. The molecule has 9 nitrogen and oxygen atoms in total. The molecule has 1 atom stereocenters. The molecule has 0 bridgehead atoms. The van der Waals surface area contributed by atoms with E-state index < -0.39 is 9.84 Å². The Morgan fingerprint density at radius 3 is 2.56 bits per heavy atom. The van der Waals surface area contributed by atoms with E-state index in [4.69, 9.17) is 0 Å². The fraction of sp³-hybridized carbons (Fsp3) is 0.429. The summed E-state index contributed by atoms with van der Waals surface area (Å²) in [5, 5.41) is 3.14. The maximum absolute atomic E-state index is 12.7. The number of amides is 2. The Morgan fingerprint density at radius 2 is 1.88 bits per heavy atom. The molecular weight excluding hydrogens is 448 g/mol. The van der Waals surface area contributed by atoms with E-state index in [1.807, 2.05) is 5.51 Å². The van der Waals surface area contributed by atoms with E-state index in [1.165, 1.54) is 27.6 Å². The highest BCUT2D eigenvalue weighted by Gasteiger charge is 2.46. The minimum Gasteiger partial charge on any atom is -0.330 e. The minimum atomic E-state index is -3.38. The molecule has 0 aliphatic carbocycles. The number of carbonyl (C=O) groups excluding carboxylic acids is 1. The summed E-state index contributed by atoms with van der Waals surface area (Å²) < 4.78 is 24.5. The van der Waals surface area contributed by atoms with Crippen LogP contribution < -0.4 is 10.2 Å². The predicted molar refractivity (Wildman–Crippen MR) is 123 cm³/mol. The molecule has 1 aromatic carbocycles. The lowest BCUT2D eigenvalue weighted by atomic mass is 9.87. The van der Waals surface area contributed by atoms with Crippen molar-refractivity contribution in [2.75, 3.05) is 30.8 Å². The highest BCUT2D eigenvalue weighted by atomic mass is 32.2. The summed E-state index contributed by atoms with van der Waals surface area (Å²) in [6.45, 7) is 4.40. The van der Waals surface area contributed by atoms with Crippen molar-refractivity contribution in [2.24, 2.45) is 0 Å². The highest BCUT2D eigenvalue weighted by molar-refractivity contribution is 7.90. The number of thiazole rings is 1. The van der Waals surface area contributed by atoms with Crippen molar-refractivity contribution in [3.8, 4) is 0 Å². The molecule has 32 heavy (non-hydrogen) atoms. The van der Waals surface area contributed by atoms with Crippen LogP contribution in [0.1, 0.15) is 31.4 Å². The number of fused-ring (bicyclic) bond motifs is 1. The van der Waals surface area contributed by atoms with Gasteiger partial charge in [-0.05, 0) is 37.5 Å². The molecule has 168 valence electrons. The van der Waals surface area contributed by atoms with Crippen molar-refractivity contribution >= 4 is 43.4 Å². The van der Waals surface area contributed by atoms with Crippen molar-refractivity contribution in [3.05, 3.63) is 41.7 Å². The summed E-state index contributed by atoms with van der Waals surface area (Å²) in [5.74, 6) is 0.221. The Bertz CT molecular complexity index is 1270. The molecule has 3 aromatic rings. The van der Waals surface area contributed by atoms with Gasteiger partial charge in [-0.2, -0.15) is 0 Å². The van der Waals surface area contributed by atoms with Gasteiger partial charge in [0.2, 0.25) is 5.95 Å². The van der Waals surface area contributed by atoms with Gasteiger partial charge in [-0.1, -0.05) is 6.07 Å². The third-order valence-electron chi connectivity index (χ3n) is 6.50. The average molecular weight is 473 g/mol. The zero-order chi connectivity index (χ0) is 22.5. The van der Waals surface area contributed by atoms with Crippen LogP contribution in [-0.2, 0) is 9.84 Å². The van der Waals surface area contributed by atoms with E-state index in [0.717, 1.165) is 37.7 Å². The molecule has 1 spiro atoms. The van der Waals surface area contributed by atoms with Crippen LogP contribution >= 0.6 is 11.3 Å². The molecule has 2 aliphatic heterocycles. The standard InChI is InChI=1S/C21H24N6O3S2/c1-14(15-3-4-18-17(9-15)24-13-31-18)26-7-5-21(6-8-26)12-27(20(28)25-21)19-22-10-16(11-23-19)32(2,29)30/h3-4,9-11,13-14H,5-8,12H2,1-2H3,(H,25,28)/t14-/m0/s1. The Labute approximate surface area is 190 Å². The number of nitrogens with one attached hydrogen (secondary N) is 1. The van der Waals surface area contributed by atoms with Crippen LogP contribution in [0.4, 0.5) is 10.7 Å². The molecule has 2 saturated heterocycles. The van der Waals surface area contributed by atoms with Gasteiger partial charge in [0.15, 0.2) is 9.84 Å². The fourth-order valence-electron chi connectivity index (χ4n) is 4.48. The molecule has 2 aliphatic rings. The van der Waals surface area contributed by atoms with E-state index in [2.05, 4.69) is 50.3 Å². The van der Waals surface area contributed by atoms with Crippen LogP contribution in [0.2, 0.25) is 0 Å². The zero-order valence-electron chi connectivity index (χ0n) is 17.9. The van der Waals surface area contributed by atoms with Crippen LogP contribution in [0.25, 0.3) is 10.2 Å². The van der Waals surface area contributed by atoms with Crippen molar-refractivity contribution in [1.29, 1.82) is 0 Å². The molecule has 0 unspecified atom stereocenters. The summed E-state index contributed by atoms with van der Waals surface area (Å²) in [6.07, 6.45) is 5.24. The van der Waals surface area contributed by atoms with Gasteiger partial charge in [0.05, 0.1) is 40.2 Å². The van der Waals surface area contributed by atoms with E-state index >= 15 is 0 Å². The summed E-state index contributed by atoms with van der Waals surface area (Å²) in [4.78, 5) is 29.3. The third-order valence-corrected chi connectivity index (χ3v) is 8.38. The van der Waals surface area contributed by atoms with Gasteiger partial charge in [-0.15, -0.1) is 11.3 Å². The fourth-order valence-corrected chi connectivity index (χ4v) is 5.63. The number of urea groups is 1. The summed E-state index contributed by atoms with van der Waals surface area (Å²) >= 11 is 1.65. The SMILES string of the molecule is C[C@@H](c1ccc2scnc2c1)N1CCC2(CC1)CN(c1ncc(S(C)(=O)=O)cn1)C(=O)N2. The largest absolute Gasteiger partial charge is 0.330 e. The van der Waals surface area contributed by atoms with Gasteiger partial charge in [0.25, 0.3) is 0 Å². The second-order valence-corrected chi connectivity index (χ2v) is 11.5. The Balaban J connectivity index is 1.26. The van der Waals surface area contributed by atoms with Crippen LogP contribution in [0, 0.1) is 0 Å². The van der Waals surface area contributed by atoms with Gasteiger partial charge in [0, 0.05) is 25.4 Å². The average Bonchev–Trinajstić information content (AvgIpc) is 3.37. The first-order chi connectivity index (χ1) is 15.2. The molecule has 2 fully saturated rings. The molecule has 0 radical (unpaired) electrons. The topological polar surface area (TPSA) is 108 Å². The van der Waals surface area contributed by atoms with Gasteiger partial charge in [-0.3, -0.25) is 9.80 Å². The number of anilines is 1. The van der Waals surface area contributed by atoms with Crippen LogP contribution in [0.15, 0.2) is 41.0 Å². The number of hydrogen-bond acceptors (Lipinski definition) is 8. The first-order valence-corrected chi connectivity index (χ1v) is 13.2. The number of hydrogen-bond donors (Lipinski definition) is 1. The second-order valence-electron chi connectivity index (χ2n) is 8.58. The van der Waals surface area contributed by atoms with Gasteiger partial charge >= 0.3 is 6.03 Å². The highest BCUT2D eigenvalue weighted by Crippen LogP contribution is 2.34. The van der Waals surface area contributed by atoms with E-state index in [1.54, 1.807) is 11.3 Å².